The maximum atomic E-state index is 4.34. The van der Waals surface area contributed by atoms with E-state index in [1.807, 2.05) is 0 Å². The number of aromatic nitrogens is 2. The predicted octanol–water partition coefficient (Wildman–Crippen LogP) is 3.35. The summed E-state index contributed by atoms with van der Waals surface area (Å²) in [5.41, 5.74) is 1.18. The molecule has 0 unspecified atom stereocenters. The van der Waals surface area contributed by atoms with Gasteiger partial charge in [-0.2, -0.15) is 5.10 Å². The van der Waals surface area contributed by atoms with Crippen molar-refractivity contribution in [2.75, 3.05) is 11.9 Å². The van der Waals surface area contributed by atoms with Crippen LogP contribution >= 0.6 is 0 Å². The van der Waals surface area contributed by atoms with Gasteiger partial charge in [0.1, 0.15) is 5.82 Å². The Morgan fingerprint density at radius 1 is 1.19 bits per heavy atom. The number of hydrogen-bond acceptors (Lipinski definition) is 3. The molecule has 16 heavy (non-hydrogen) atoms. The number of nitrogens with one attached hydrogen (secondary N) is 1. The van der Waals surface area contributed by atoms with Crippen molar-refractivity contribution >= 4 is 5.82 Å². The SMILES string of the molecule is CCCNc1ccc(C2CCCCC2)nn1. The third-order valence-corrected chi connectivity index (χ3v) is 3.26. The molecule has 1 N–H and O–H groups in total. The number of anilines is 1. The summed E-state index contributed by atoms with van der Waals surface area (Å²) in [6.45, 7) is 3.12. The first kappa shape index (κ1) is 11.4. The predicted molar refractivity (Wildman–Crippen MR) is 66.6 cm³/mol. The Balaban J connectivity index is 1.95. The van der Waals surface area contributed by atoms with Gasteiger partial charge in [0.2, 0.25) is 0 Å². The number of nitrogens with zero attached hydrogens (tertiary/aromatic N) is 2. The third kappa shape index (κ3) is 2.94. The minimum atomic E-state index is 0.654. The van der Waals surface area contributed by atoms with Crippen LogP contribution < -0.4 is 5.32 Å². The molecule has 0 spiro atoms. The Bertz CT molecular complexity index is 301. The Labute approximate surface area is 97.7 Å². The van der Waals surface area contributed by atoms with Crippen molar-refractivity contribution in [2.45, 2.75) is 51.4 Å². The minimum Gasteiger partial charge on any atom is -0.369 e. The molecular formula is C13H21N3. The van der Waals surface area contributed by atoms with Gasteiger partial charge >= 0.3 is 0 Å². The average Bonchev–Trinajstić information content (AvgIpc) is 2.38. The quantitative estimate of drug-likeness (QED) is 0.844. The van der Waals surface area contributed by atoms with E-state index in [1.54, 1.807) is 0 Å². The van der Waals surface area contributed by atoms with Gasteiger partial charge < -0.3 is 5.32 Å². The van der Waals surface area contributed by atoms with Gasteiger partial charge in [0.05, 0.1) is 5.69 Å². The van der Waals surface area contributed by atoms with Gasteiger partial charge in [-0.15, -0.1) is 5.10 Å². The standard InChI is InChI=1S/C13H21N3/c1-2-10-14-13-9-8-12(15-16-13)11-6-4-3-5-7-11/h8-9,11H,2-7,10H2,1H3,(H,14,16). The Morgan fingerprint density at radius 3 is 2.62 bits per heavy atom. The lowest BCUT2D eigenvalue weighted by Gasteiger charge is -2.20. The van der Waals surface area contributed by atoms with Gasteiger partial charge in [0.15, 0.2) is 0 Å². The molecule has 1 aliphatic carbocycles. The first-order chi connectivity index (χ1) is 7.90. The van der Waals surface area contributed by atoms with E-state index in [2.05, 4.69) is 34.6 Å². The van der Waals surface area contributed by atoms with Crippen LogP contribution in [0.5, 0.6) is 0 Å². The van der Waals surface area contributed by atoms with E-state index in [4.69, 9.17) is 0 Å². The second-order valence-corrected chi connectivity index (χ2v) is 4.61. The Morgan fingerprint density at radius 2 is 2.00 bits per heavy atom. The van der Waals surface area contributed by atoms with E-state index < -0.39 is 0 Å². The van der Waals surface area contributed by atoms with Crippen LogP contribution in [0, 0.1) is 0 Å². The first-order valence-corrected chi connectivity index (χ1v) is 6.47. The highest BCUT2D eigenvalue weighted by Gasteiger charge is 2.16. The van der Waals surface area contributed by atoms with Crippen LogP contribution in [0.15, 0.2) is 12.1 Å². The van der Waals surface area contributed by atoms with E-state index in [-0.39, 0.29) is 0 Å². The second-order valence-electron chi connectivity index (χ2n) is 4.61. The average molecular weight is 219 g/mol. The minimum absolute atomic E-state index is 0.654. The molecule has 2 rings (SSSR count). The van der Waals surface area contributed by atoms with Gasteiger partial charge in [0.25, 0.3) is 0 Å². The van der Waals surface area contributed by atoms with Crippen molar-refractivity contribution in [1.29, 1.82) is 0 Å². The summed E-state index contributed by atoms with van der Waals surface area (Å²) in [5.74, 6) is 1.56. The lowest BCUT2D eigenvalue weighted by atomic mass is 9.87. The summed E-state index contributed by atoms with van der Waals surface area (Å²) in [4.78, 5) is 0. The van der Waals surface area contributed by atoms with Crippen LogP contribution in [0.25, 0.3) is 0 Å². The smallest absolute Gasteiger partial charge is 0.148 e. The second kappa shape index (κ2) is 5.83. The molecule has 0 saturated heterocycles. The van der Waals surface area contributed by atoms with Crippen LogP contribution in [0.4, 0.5) is 5.82 Å². The molecule has 1 aromatic heterocycles. The molecule has 1 aromatic rings. The van der Waals surface area contributed by atoms with Crippen LogP contribution in [0.1, 0.15) is 57.1 Å². The highest BCUT2D eigenvalue weighted by atomic mass is 15.2. The molecule has 1 fully saturated rings. The van der Waals surface area contributed by atoms with Crippen molar-refractivity contribution < 1.29 is 0 Å². The van der Waals surface area contributed by atoms with E-state index in [1.165, 1.54) is 37.8 Å². The monoisotopic (exact) mass is 219 g/mol. The number of rotatable bonds is 4. The third-order valence-electron chi connectivity index (χ3n) is 3.26. The zero-order valence-corrected chi connectivity index (χ0v) is 10.1. The summed E-state index contributed by atoms with van der Waals surface area (Å²) in [6, 6.07) is 4.20. The zero-order chi connectivity index (χ0) is 11.2. The molecule has 88 valence electrons. The molecular weight excluding hydrogens is 198 g/mol. The van der Waals surface area contributed by atoms with E-state index in [9.17, 15) is 0 Å². The van der Waals surface area contributed by atoms with E-state index in [0.29, 0.717) is 5.92 Å². The van der Waals surface area contributed by atoms with Gasteiger partial charge in [-0.25, -0.2) is 0 Å². The largest absolute Gasteiger partial charge is 0.369 e. The van der Waals surface area contributed by atoms with Crippen LogP contribution in [-0.2, 0) is 0 Å². The van der Waals surface area contributed by atoms with E-state index in [0.717, 1.165) is 18.8 Å². The molecule has 1 saturated carbocycles. The molecule has 0 aliphatic heterocycles. The molecule has 0 aromatic carbocycles. The molecule has 3 nitrogen and oxygen atoms in total. The fraction of sp³-hybridized carbons (Fsp3) is 0.692. The maximum Gasteiger partial charge on any atom is 0.148 e. The number of hydrogen-bond donors (Lipinski definition) is 1. The molecule has 0 atom stereocenters. The molecule has 0 radical (unpaired) electrons. The Hall–Kier alpha value is -1.12. The normalized spacial score (nSPS) is 17.3. The highest BCUT2D eigenvalue weighted by molar-refractivity contribution is 5.33. The van der Waals surface area contributed by atoms with Crippen LogP contribution in [-0.4, -0.2) is 16.7 Å². The van der Waals surface area contributed by atoms with Crippen LogP contribution in [0.2, 0.25) is 0 Å². The summed E-state index contributed by atoms with van der Waals surface area (Å²) in [5, 5.41) is 11.8. The van der Waals surface area contributed by atoms with Gasteiger partial charge in [0, 0.05) is 12.5 Å². The molecule has 0 amide bonds. The summed E-state index contributed by atoms with van der Waals surface area (Å²) >= 11 is 0. The molecule has 3 heteroatoms. The lowest BCUT2D eigenvalue weighted by Crippen LogP contribution is -2.09. The maximum absolute atomic E-state index is 4.34. The Kier molecular flexibility index (Phi) is 4.14. The summed E-state index contributed by atoms with van der Waals surface area (Å²) in [7, 11) is 0. The van der Waals surface area contributed by atoms with Crippen LogP contribution in [0.3, 0.4) is 0 Å². The van der Waals surface area contributed by atoms with Crippen molar-refractivity contribution in [3.05, 3.63) is 17.8 Å². The van der Waals surface area contributed by atoms with Gasteiger partial charge in [-0.3, -0.25) is 0 Å². The zero-order valence-electron chi connectivity index (χ0n) is 10.1. The van der Waals surface area contributed by atoms with Crippen molar-refractivity contribution in [2.24, 2.45) is 0 Å². The molecule has 1 heterocycles. The van der Waals surface area contributed by atoms with Gasteiger partial charge in [-0.1, -0.05) is 26.2 Å². The first-order valence-electron chi connectivity index (χ1n) is 6.47. The van der Waals surface area contributed by atoms with Crippen molar-refractivity contribution in [3.8, 4) is 0 Å². The molecule has 0 bridgehead atoms. The van der Waals surface area contributed by atoms with Crippen molar-refractivity contribution in [3.63, 3.8) is 0 Å². The van der Waals surface area contributed by atoms with Gasteiger partial charge in [-0.05, 0) is 31.4 Å². The summed E-state index contributed by atoms with van der Waals surface area (Å²) < 4.78 is 0. The van der Waals surface area contributed by atoms with E-state index >= 15 is 0 Å². The lowest BCUT2D eigenvalue weighted by molar-refractivity contribution is 0.434. The van der Waals surface area contributed by atoms with Crippen molar-refractivity contribution in [1.82, 2.24) is 10.2 Å². The highest BCUT2D eigenvalue weighted by Crippen LogP contribution is 2.31. The topological polar surface area (TPSA) is 37.8 Å². The molecule has 1 aliphatic rings. The fourth-order valence-corrected chi connectivity index (χ4v) is 2.31. The fourth-order valence-electron chi connectivity index (χ4n) is 2.31. The summed E-state index contributed by atoms with van der Waals surface area (Å²) in [6.07, 6.45) is 7.78.